The summed E-state index contributed by atoms with van der Waals surface area (Å²) in [5.41, 5.74) is 2.76. The predicted octanol–water partition coefficient (Wildman–Crippen LogP) is 2.91. The summed E-state index contributed by atoms with van der Waals surface area (Å²) in [6.07, 6.45) is 10.6. The summed E-state index contributed by atoms with van der Waals surface area (Å²) in [5, 5.41) is 15.7. The number of rotatable bonds is 3. The maximum atomic E-state index is 10.3. The molecule has 8 nitrogen and oxygen atoms in total. The van der Waals surface area contributed by atoms with E-state index in [1.807, 2.05) is 16.9 Å². The molecule has 4 heterocycles. The van der Waals surface area contributed by atoms with Crippen LogP contribution in [-0.4, -0.2) is 39.4 Å². The largest absolute Gasteiger partial charge is 0.385 e. The molecule has 4 aromatic heterocycles. The standard InChI is InChI=1S/C18H21N7O/c1-11(26)18-23-15-8-21-17-14(6-7-20-17)16(15)25(18)13-4-2-12(3-5-13)24-10-19-9-22-24/h6-13,26H,2-5H2,1H3,(H,20,21). The van der Waals surface area contributed by atoms with Crippen molar-refractivity contribution in [2.24, 2.45) is 0 Å². The van der Waals surface area contributed by atoms with Crippen molar-refractivity contribution in [2.45, 2.75) is 50.8 Å². The van der Waals surface area contributed by atoms with Crippen LogP contribution in [0.15, 0.2) is 31.1 Å². The third kappa shape index (κ3) is 2.33. The van der Waals surface area contributed by atoms with Gasteiger partial charge in [0.15, 0.2) is 0 Å². The molecular weight excluding hydrogens is 330 g/mol. The van der Waals surface area contributed by atoms with Crippen molar-refractivity contribution in [3.63, 3.8) is 0 Å². The smallest absolute Gasteiger partial charge is 0.139 e. The maximum absolute atomic E-state index is 10.3. The Morgan fingerprint density at radius 1 is 1.23 bits per heavy atom. The molecule has 0 spiro atoms. The zero-order valence-corrected chi connectivity index (χ0v) is 14.6. The lowest BCUT2D eigenvalue weighted by molar-refractivity contribution is 0.174. The van der Waals surface area contributed by atoms with Crippen LogP contribution < -0.4 is 0 Å². The van der Waals surface area contributed by atoms with E-state index < -0.39 is 6.10 Å². The molecule has 1 fully saturated rings. The topological polar surface area (TPSA) is 97.4 Å². The van der Waals surface area contributed by atoms with Crippen molar-refractivity contribution < 1.29 is 5.11 Å². The van der Waals surface area contributed by atoms with Gasteiger partial charge in [0.2, 0.25) is 0 Å². The molecule has 1 aliphatic rings. The van der Waals surface area contributed by atoms with Gasteiger partial charge in [0.1, 0.15) is 35.7 Å². The van der Waals surface area contributed by atoms with Crippen LogP contribution in [-0.2, 0) is 0 Å². The lowest BCUT2D eigenvalue weighted by atomic mass is 9.90. The number of nitrogens with zero attached hydrogens (tertiary/aromatic N) is 6. The molecule has 1 atom stereocenters. The first kappa shape index (κ1) is 15.5. The van der Waals surface area contributed by atoms with Crippen LogP contribution in [0.3, 0.4) is 0 Å². The highest BCUT2D eigenvalue weighted by Gasteiger charge is 2.28. The van der Waals surface area contributed by atoms with Crippen molar-refractivity contribution in [3.05, 3.63) is 36.9 Å². The monoisotopic (exact) mass is 351 g/mol. The Morgan fingerprint density at radius 3 is 2.77 bits per heavy atom. The van der Waals surface area contributed by atoms with E-state index in [-0.39, 0.29) is 0 Å². The number of hydrogen-bond acceptors (Lipinski definition) is 5. The molecule has 2 N–H and O–H groups in total. The summed E-state index contributed by atoms with van der Waals surface area (Å²) in [4.78, 5) is 16.4. The number of aromatic nitrogens is 7. The molecule has 0 radical (unpaired) electrons. The number of nitrogens with one attached hydrogen (secondary N) is 1. The quantitative estimate of drug-likeness (QED) is 0.591. The Kier molecular flexibility index (Phi) is 3.53. The van der Waals surface area contributed by atoms with E-state index in [4.69, 9.17) is 4.98 Å². The second-order valence-corrected chi connectivity index (χ2v) is 7.09. The molecule has 0 bridgehead atoms. The van der Waals surface area contributed by atoms with Crippen molar-refractivity contribution >= 4 is 22.1 Å². The first-order valence-corrected chi connectivity index (χ1v) is 9.08. The highest BCUT2D eigenvalue weighted by Crippen LogP contribution is 2.39. The molecule has 0 aliphatic heterocycles. The molecule has 5 rings (SSSR count). The Balaban J connectivity index is 1.57. The fourth-order valence-electron chi connectivity index (χ4n) is 4.26. The average Bonchev–Trinajstić information content (AvgIpc) is 3.39. The van der Waals surface area contributed by atoms with Crippen molar-refractivity contribution in [2.75, 3.05) is 0 Å². The number of hydrogen-bond donors (Lipinski definition) is 2. The van der Waals surface area contributed by atoms with Crippen LogP contribution in [0.5, 0.6) is 0 Å². The molecule has 0 amide bonds. The van der Waals surface area contributed by atoms with E-state index in [0.717, 1.165) is 53.6 Å². The Hall–Kier alpha value is -2.74. The second-order valence-electron chi connectivity index (χ2n) is 7.09. The normalized spacial score (nSPS) is 22.2. The fourth-order valence-corrected chi connectivity index (χ4v) is 4.26. The SMILES string of the molecule is CC(O)c1nc2cnc3[nH]ccc3c2n1C1CCC(n2cncn2)CC1. The van der Waals surface area contributed by atoms with Crippen LogP contribution in [0, 0.1) is 0 Å². The Bertz CT molecular complexity index is 1040. The summed E-state index contributed by atoms with van der Waals surface area (Å²) < 4.78 is 4.21. The zero-order chi connectivity index (χ0) is 17.7. The highest BCUT2D eigenvalue weighted by molar-refractivity contribution is 6.01. The molecule has 1 aliphatic carbocycles. The molecule has 1 unspecified atom stereocenters. The second kappa shape index (κ2) is 5.91. The van der Waals surface area contributed by atoms with Gasteiger partial charge in [-0.15, -0.1) is 0 Å². The van der Waals surface area contributed by atoms with Gasteiger partial charge < -0.3 is 14.7 Å². The first-order valence-electron chi connectivity index (χ1n) is 9.08. The van der Waals surface area contributed by atoms with Crippen molar-refractivity contribution in [1.82, 2.24) is 34.3 Å². The Labute approximate surface area is 149 Å². The van der Waals surface area contributed by atoms with E-state index >= 15 is 0 Å². The minimum Gasteiger partial charge on any atom is -0.385 e. The van der Waals surface area contributed by atoms with Gasteiger partial charge in [-0.3, -0.25) is 0 Å². The van der Waals surface area contributed by atoms with Crippen LogP contribution in [0.4, 0.5) is 0 Å². The fraction of sp³-hybridized carbons (Fsp3) is 0.444. The van der Waals surface area contributed by atoms with Gasteiger partial charge in [-0.05, 0) is 38.7 Å². The highest BCUT2D eigenvalue weighted by atomic mass is 16.3. The molecule has 8 heteroatoms. The number of aliphatic hydroxyl groups is 1. The van der Waals surface area contributed by atoms with Crippen LogP contribution >= 0.6 is 0 Å². The van der Waals surface area contributed by atoms with Gasteiger partial charge in [-0.1, -0.05) is 0 Å². The molecule has 0 saturated heterocycles. The van der Waals surface area contributed by atoms with Gasteiger partial charge in [0.05, 0.1) is 17.8 Å². The third-order valence-electron chi connectivity index (χ3n) is 5.48. The van der Waals surface area contributed by atoms with Crippen LogP contribution in [0.25, 0.3) is 22.1 Å². The summed E-state index contributed by atoms with van der Waals surface area (Å²) in [6.45, 7) is 1.78. The van der Waals surface area contributed by atoms with Crippen LogP contribution in [0.1, 0.15) is 56.6 Å². The molecule has 4 aromatic rings. The number of pyridine rings is 1. The van der Waals surface area contributed by atoms with Gasteiger partial charge in [-0.2, -0.15) is 5.10 Å². The van der Waals surface area contributed by atoms with E-state index in [9.17, 15) is 5.11 Å². The number of aromatic amines is 1. The molecular formula is C18H21N7O. The summed E-state index contributed by atoms with van der Waals surface area (Å²) in [5.74, 6) is 0.722. The van der Waals surface area contributed by atoms with Crippen molar-refractivity contribution in [1.29, 1.82) is 0 Å². The molecule has 134 valence electrons. The summed E-state index contributed by atoms with van der Waals surface area (Å²) >= 11 is 0. The van der Waals surface area contributed by atoms with Crippen LogP contribution in [0.2, 0.25) is 0 Å². The Morgan fingerprint density at radius 2 is 2.04 bits per heavy atom. The van der Waals surface area contributed by atoms with E-state index in [1.165, 1.54) is 0 Å². The number of fused-ring (bicyclic) bond motifs is 3. The van der Waals surface area contributed by atoms with Gasteiger partial charge in [0.25, 0.3) is 0 Å². The minimum atomic E-state index is -0.621. The lowest BCUT2D eigenvalue weighted by Gasteiger charge is -2.31. The minimum absolute atomic E-state index is 0.310. The van der Waals surface area contributed by atoms with Crippen molar-refractivity contribution in [3.8, 4) is 0 Å². The number of aliphatic hydroxyl groups excluding tert-OH is 1. The molecule has 0 aromatic carbocycles. The summed E-state index contributed by atoms with van der Waals surface area (Å²) in [6, 6.07) is 2.74. The predicted molar refractivity (Wildman–Crippen MR) is 96.6 cm³/mol. The molecule has 26 heavy (non-hydrogen) atoms. The van der Waals surface area contributed by atoms with Gasteiger partial charge in [0, 0.05) is 17.6 Å². The van der Waals surface area contributed by atoms with Gasteiger partial charge >= 0.3 is 0 Å². The summed E-state index contributed by atoms with van der Waals surface area (Å²) in [7, 11) is 0. The van der Waals surface area contributed by atoms with Gasteiger partial charge in [-0.25, -0.2) is 19.6 Å². The average molecular weight is 351 g/mol. The van der Waals surface area contributed by atoms with E-state index in [2.05, 4.69) is 24.6 Å². The van der Waals surface area contributed by atoms with E-state index in [1.54, 1.807) is 25.8 Å². The lowest BCUT2D eigenvalue weighted by Crippen LogP contribution is -2.22. The zero-order valence-electron chi connectivity index (χ0n) is 14.6. The molecule has 1 saturated carbocycles. The third-order valence-corrected chi connectivity index (χ3v) is 5.48. The number of imidazole rings is 1. The van der Waals surface area contributed by atoms with E-state index in [0.29, 0.717) is 12.1 Å². The number of H-pyrrole nitrogens is 1. The first-order chi connectivity index (χ1) is 12.7. The maximum Gasteiger partial charge on any atom is 0.139 e.